The second-order valence-corrected chi connectivity index (χ2v) is 4.69. The van der Waals surface area contributed by atoms with E-state index in [0.717, 1.165) is 12.1 Å². The second-order valence-electron chi connectivity index (χ2n) is 4.28. The minimum absolute atomic E-state index is 0.377. The van der Waals surface area contributed by atoms with E-state index in [0.29, 0.717) is 21.6 Å². The monoisotopic (exact) mass is 296 g/mol. The molecule has 1 aromatic carbocycles. The summed E-state index contributed by atoms with van der Waals surface area (Å²) in [6.45, 7) is 0. The average Bonchev–Trinajstić information content (AvgIpc) is 2.81. The Balaban J connectivity index is 2.25. The highest BCUT2D eigenvalue weighted by Crippen LogP contribution is 2.33. The van der Waals surface area contributed by atoms with E-state index in [-0.39, 0.29) is 0 Å². The number of fused-ring (bicyclic) bond motifs is 1. The quantitative estimate of drug-likeness (QED) is 0.636. The van der Waals surface area contributed by atoms with Crippen molar-refractivity contribution >= 4 is 22.5 Å². The zero-order chi connectivity index (χ0) is 14.3. The summed E-state index contributed by atoms with van der Waals surface area (Å²) < 4.78 is 40.0. The van der Waals surface area contributed by atoms with Crippen molar-refractivity contribution in [3.05, 3.63) is 59.5 Å². The molecule has 0 bridgehead atoms. The van der Waals surface area contributed by atoms with E-state index < -0.39 is 11.7 Å². The number of benzene rings is 1. The SMILES string of the molecule is FC(F)(F)c1ccc2ccn(-c3ccncc3Cl)c2c1. The maximum absolute atomic E-state index is 12.8. The molecule has 0 amide bonds. The topological polar surface area (TPSA) is 17.8 Å². The van der Waals surface area contributed by atoms with Crippen LogP contribution in [-0.2, 0) is 6.18 Å². The first-order valence-corrected chi connectivity index (χ1v) is 6.13. The van der Waals surface area contributed by atoms with Crippen LogP contribution in [0, 0.1) is 0 Å². The molecule has 0 spiro atoms. The molecule has 0 N–H and O–H groups in total. The van der Waals surface area contributed by atoms with E-state index in [2.05, 4.69) is 4.98 Å². The van der Waals surface area contributed by atoms with E-state index in [4.69, 9.17) is 11.6 Å². The maximum atomic E-state index is 12.8. The third-order valence-corrected chi connectivity index (χ3v) is 3.32. The molecule has 3 rings (SSSR count). The molecular weight excluding hydrogens is 289 g/mol. The summed E-state index contributed by atoms with van der Waals surface area (Å²) in [5.74, 6) is 0. The first-order chi connectivity index (χ1) is 9.47. The summed E-state index contributed by atoms with van der Waals surface area (Å²) in [5.41, 5.74) is 0.360. The van der Waals surface area contributed by atoms with Crippen molar-refractivity contribution in [2.75, 3.05) is 0 Å². The summed E-state index contributed by atoms with van der Waals surface area (Å²) in [5, 5.41) is 1.09. The standard InChI is InChI=1S/C14H8ClF3N2/c15-11-8-19-5-3-12(11)20-6-4-9-1-2-10(7-13(9)20)14(16,17)18/h1-8H. The van der Waals surface area contributed by atoms with Crippen LogP contribution in [0.5, 0.6) is 0 Å². The maximum Gasteiger partial charge on any atom is 0.416 e. The lowest BCUT2D eigenvalue weighted by Crippen LogP contribution is -2.05. The van der Waals surface area contributed by atoms with Crippen LogP contribution in [0.2, 0.25) is 5.02 Å². The Hall–Kier alpha value is -2.01. The Labute approximate surface area is 117 Å². The third kappa shape index (κ3) is 2.14. The van der Waals surface area contributed by atoms with Gasteiger partial charge >= 0.3 is 6.18 Å². The van der Waals surface area contributed by atoms with E-state index in [1.54, 1.807) is 29.1 Å². The summed E-state index contributed by atoms with van der Waals surface area (Å²) in [6, 6.07) is 7.03. The molecule has 0 aliphatic rings. The Morgan fingerprint density at radius 2 is 1.90 bits per heavy atom. The van der Waals surface area contributed by atoms with Gasteiger partial charge in [0, 0.05) is 18.6 Å². The van der Waals surface area contributed by atoms with Crippen LogP contribution in [0.1, 0.15) is 5.56 Å². The molecular formula is C14H8ClF3N2. The van der Waals surface area contributed by atoms with Gasteiger partial charge in [-0.05, 0) is 29.7 Å². The van der Waals surface area contributed by atoms with Crippen LogP contribution in [0.4, 0.5) is 13.2 Å². The van der Waals surface area contributed by atoms with Crippen molar-refractivity contribution in [3.8, 4) is 5.69 Å². The van der Waals surface area contributed by atoms with Gasteiger partial charge in [0.25, 0.3) is 0 Å². The zero-order valence-electron chi connectivity index (χ0n) is 10.0. The molecule has 0 unspecified atom stereocenters. The van der Waals surface area contributed by atoms with Gasteiger partial charge in [0.15, 0.2) is 0 Å². The summed E-state index contributed by atoms with van der Waals surface area (Å²) in [6.07, 6.45) is 0.314. The number of aromatic nitrogens is 2. The lowest BCUT2D eigenvalue weighted by atomic mass is 10.1. The van der Waals surface area contributed by atoms with Crippen LogP contribution >= 0.6 is 11.6 Å². The van der Waals surface area contributed by atoms with E-state index in [1.807, 2.05) is 0 Å². The van der Waals surface area contributed by atoms with Crippen molar-refractivity contribution in [2.24, 2.45) is 0 Å². The smallest absolute Gasteiger partial charge is 0.315 e. The van der Waals surface area contributed by atoms with Crippen molar-refractivity contribution in [3.63, 3.8) is 0 Å². The van der Waals surface area contributed by atoms with Crippen molar-refractivity contribution < 1.29 is 13.2 Å². The molecule has 0 aliphatic carbocycles. The molecule has 2 aromatic heterocycles. The van der Waals surface area contributed by atoms with Crippen LogP contribution in [-0.4, -0.2) is 9.55 Å². The van der Waals surface area contributed by atoms with Crippen LogP contribution in [0.25, 0.3) is 16.6 Å². The molecule has 102 valence electrons. The molecule has 2 nitrogen and oxygen atoms in total. The summed E-state index contributed by atoms with van der Waals surface area (Å²) >= 11 is 6.04. The fourth-order valence-corrected chi connectivity index (χ4v) is 2.29. The number of pyridine rings is 1. The molecule has 3 aromatic rings. The Morgan fingerprint density at radius 3 is 2.60 bits per heavy atom. The van der Waals surface area contributed by atoms with Gasteiger partial charge in [0.2, 0.25) is 0 Å². The largest absolute Gasteiger partial charge is 0.416 e. The lowest BCUT2D eigenvalue weighted by Gasteiger charge is -2.10. The normalized spacial score (nSPS) is 12.0. The minimum Gasteiger partial charge on any atom is -0.315 e. The molecule has 0 radical (unpaired) electrons. The van der Waals surface area contributed by atoms with E-state index in [1.165, 1.54) is 12.3 Å². The van der Waals surface area contributed by atoms with Gasteiger partial charge in [0.1, 0.15) is 0 Å². The molecule has 6 heteroatoms. The Morgan fingerprint density at radius 1 is 1.10 bits per heavy atom. The van der Waals surface area contributed by atoms with Crippen LogP contribution in [0.3, 0.4) is 0 Å². The predicted molar refractivity (Wildman–Crippen MR) is 71.1 cm³/mol. The number of alkyl halides is 3. The average molecular weight is 297 g/mol. The molecule has 0 atom stereocenters. The van der Waals surface area contributed by atoms with Crippen molar-refractivity contribution in [1.29, 1.82) is 0 Å². The number of nitrogens with zero attached hydrogens (tertiary/aromatic N) is 2. The highest BCUT2D eigenvalue weighted by atomic mass is 35.5. The second kappa shape index (κ2) is 4.52. The first-order valence-electron chi connectivity index (χ1n) is 5.75. The van der Waals surface area contributed by atoms with Gasteiger partial charge < -0.3 is 4.57 Å². The summed E-state index contributed by atoms with van der Waals surface area (Å²) in [7, 11) is 0. The van der Waals surface area contributed by atoms with Gasteiger partial charge in [-0.15, -0.1) is 0 Å². The zero-order valence-corrected chi connectivity index (χ0v) is 10.8. The fraction of sp³-hybridized carbons (Fsp3) is 0.0714. The van der Waals surface area contributed by atoms with Gasteiger partial charge in [-0.25, -0.2) is 0 Å². The first kappa shape index (κ1) is 13.0. The highest BCUT2D eigenvalue weighted by Gasteiger charge is 2.30. The molecule has 0 saturated carbocycles. The molecule has 0 fully saturated rings. The van der Waals surface area contributed by atoms with Crippen LogP contribution in [0.15, 0.2) is 48.9 Å². The van der Waals surface area contributed by atoms with Crippen molar-refractivity contribution in [1.82, 2.24) is 9.55 Å². The van der Waals surface area contributed by atoms with Gasteiger partial charge in [-0.1, -0.05) is 17.7 Å². The molecule has 20 heavy (non-hydrogen) atoms. The predicted octanol–water partition coefficient (Wildman–Crippen LogP) is 4.70. The highest BCUT2D eigenvalue weighted by molar-refractivity contribution is 6.32. The number of hydrogen-bond donors (Lipinski definition) is 0. The minimum atomic E-state index is -4.37. The summed E-state index contributed by atoms with van der Waals surface area (Å²) in [4.78, 5) is 3.87. The van der Waals surface area contributed by atoms with E-state index in [9.17, 15) is 13.2 Å². The molecule has 2 heterocycles. The number of halogens is 4. The Kier molecular flexibility index (Phi) is 2.94. The van der Waals surface area contributed by atoms with Gasteiger partial charge in [-0.3, -0.25) is 4.98 Å². The van der Waals surface area contributed by atoms with Gasteiger partial charge in [0.05, 0.1) is 21.8 Å². The molecule has 0 saturated heterocycles. The molecule has 0 aliphatic heterocycles. The van der Waals surface area contributed by atoms with E-state index >= 15 is 0 Å². The number of rotatable bonds is 1. The lowest BCUT2D eigenvalue weighted by molar-refractivity contribution is -0.137. The fourth-order valence-electron chi connectivity index (χ4n) is 2.08. The van der Waals surface area contributed by atoms with Gasteiger partial charge in [-0.2, -0.15) is 13.2 Å². The van der Waals surface area contributed by atoms with Crippen LogP contribution < -0.4 is 0 Å². The Bertz CT molecular complexity index is 777. The van der Waals surface area contributed by atoms with Crippen molar-refractivity contribution in [2.45, 2.75) is 6.18 Å². The third-order valence-electron chi connectivity index (χ3n) is 3.03. The number of hydrogen-bond acceptors (Lipinski definition) is 1.